The Hall–Kier alpha value is -0.340. The third-order valence-electron chi connectivity index (χ3n) is 3.56. The van der Waals surface area contributed by atoms with E-state index in [9.17, 15) is 0 Å². The van der Waals surface area contributed by atoms with Gasteiger partial charge in [-0.05, 0) is 42.4 Å². The molecule has 0 bridgehead atoms. The number of nitrogens with one attached hydrogen (secondary N) is 1. The highest BCUT2D eigenvalue weighted by molar-refractivity contribution is 9.10. The number of hydrogen-bond donors (Lipinski definition) is 1. The molecule has 1 aromatic rings. The Morgan fingerprint density at radius 1 is 1.33 bits per heavy atom. The third kappa shape index (κ3) is 1.74. The number of fused-ring (bicyclic) bond motifs is 1. The zero-order valence-electron chi connectivity index (χ0n) is 8.96. The second-order valence-corrected chi connectivity index (χ2v) is 5.73. The first-order valence-electron chi connectivity index (χ1n) is 5.80. The van der Waals surface area contributed by atoms with Crippen LogP contribution in [-0.4, -0.2) is 6.04 Å². The summed E-state index contributed by atoms with van der Waals surface area (Å²) in [5.41, 5.74) is 3.04. The molecule has 0 aromatic heterocycles. The van der Waals surface area contributed by atoms with Crippen LogP contribution in [0.1, 0.15) is 49.3 Å². The van der Waals surface area contributed by atoms with Gasteiger partial charge in [-0.25, -0.2) is 0 Å². The summed E-state index contributed by atoms with van der Waals surface area (Å²) in [5.74, 6) is 0.687. The summed E-state index contributed by atoms with van der Waals surface area (Å²) in [4.78, 5) is 0. The van der Waals surface area contributed by atoms with Crippen molar-refractivity contribution in [3.05, 3.63) is 33.8 Å². The predicted octanol–water partition coefficient (Wildman–Crippen LogP) is 3.75. The predicted molar refractivity (Wildman–Crippen MR) is 66.1 cm³/mol. The molecular weight excluding hydrogens is 250 g/mol. The third-order valence-corrected chi connectivity index (χ3v) is 4.25. The molecule has 0 amide bonds. The summed E-state index contributed by atoms with van der Waals surface area (Å²) in [6.45, 7) is 2.33. The van der Waals surface area contributed by atoms with Crippen LogP contribution in [0.15, 0.2) is 22.7 Å². The van der Waals surface area contributed by atoms with E-state index in [1.165, 1.54) is 34.9 Å². The van der Waals surface area contributed by atoms with Gasteiger partial charge in [0.15, 0.2) is 0 Å². The van der Waals surface area contributed by atoms with Crippen LogP contribution >= 0.6 is 15.9 Å². The fourth-order valence-electron chi connectivity index (χ4n) is 2.67. The van der Waals surface area contributed by atoms with Crippen LogP contribution in [0.3, 0.4) is 0 Å². The Morgan fingerprint density at radius 2 is 2.13 bits per heavy atom. The van der Waals surface area contributed by atoms with Gasteiger partial charge in [-0.3, -0.25) is 0 Å². The largest absolute Gasteiger partial charge is 0.307 e. The summed E-state index contributed by atoms with van der Waals surface area (Å²) < 4.78 is 1.28. The summed E-state index contributed by atoms with van der Waals surface area (Å²) in [6, 6.07) is 7.99. The van der Waals surface area contributed by atoms with Gasteiger partial charge in [0, 0.05) is 16.6 Å². The van der Waals surface area contributed by atoms with Crippen molar-refractivity contribution in [2.45, 2.75) is 44.2 Å². The quantitative estimate of drug-likeness (QED) is 0.859. The van der Waals surface area contributed by atoms with Crippen molar-refractivity contribution in [2.75, 3.05) is 0 Å². The van der Waals surface area contributed by atoms with Crippen LogP contribution in [0.2, 0.25) is 0 Å². The Morgan fingerprint density at radius 3 is 2.87 bits per heavy atom. The van der Waals surface area contributed by atoms with E-state index in [0.717, 1.165) is 6.04 Å². The molecule has 0 saturated heterocycles. The molecule has 0 radical (unpaired) electrons. The van der Waals surface area contributed by atoms with E-state index in [0.29, 0.717) is 12.0 Å². The highest BCUT2D eigenvalue weighted by atomic mass is 79.9. The highest BCUT2D eigenvalue weighted by Crippen LogP contribution is 2.44. The Bertz CT molecular complexity index is 384. The van der Waals surface area contributed by atoms with Gasteiger partial charge in [-0.15, -0.1) is 0 Å². The van der Waals surface area contributed by atoms with Gasteiger partial charge in [0.2, 0.25) is 0 Å². The lowest BCUT2D eigenvalue weighted by molar-refractivity contribution is 0.503. The van der Waals surface area contributed by atoms with Crippen molar-refractivity contribution >= 4 is 15.9 Å². The molecule has 0 spiro atoms. The van der Waals surface area contributed by atoms with Crippen LogP contribution in [0.25, 0.3) is 0 Å². The average molecular weight is 266 g/mol. The zero-order valence-corrected chi connectivity index (χ0v) is 10.5. The van der Waals surface area contributed by atoms with Crippen LogP contribution in [-0.2, 0) is 0 Å². The van der Waals surface area contributed by atoms with E-state index >= 15 is 0 Å². The lowest BCUT2D eigenvalue weighted by Crippen LogP contribution is -2.21. The first-order valence-corrected chi connectivity index (χ1v) is 6.59. The minimum Gasteiger partial charge on any atom is -0.307 e. The van der Waals surface area contributed by atoms with Crippen molar-refractivity contribution in [1.29, 1.82) is 0 Å². The van der Waals surface area contributed by atoms with Crippen molar-refractivity contribution in [3.63, 3.8) is 0 Å². The minimum atomic E-state index is 0.597. The van der Waals surface area contributed by atoms with Crippen LogP contribution in [0, 0.1) is 0 Å². The lowest BCUT2D eigenvalue weighted by Gasteiger charge is -2.13. The molecule has 1 aromatic carbocycles. The summed E-state index contributed by atoms with van der Waals surface area (Å²) >= 11 is 3.67. The van der Waals surface area contributed by atoms with Crippen molar-refractivity contribution in [2.24, 2.45) is 0 Å². The topological polar surface area (TPSA) is 12.0 Å². The fourth-order valence-corrected chi connectivity index (χ4v) is 3.44. The normalized spacial score (nSPS) is 29.2. The fraction of sp³-hybridized carbons (Fsp3) is 0.538. The molecule has 1 nitrogen and oxygen atoms in total. The SMILES string of the molecule is CC1CC(NC2CC2)c2cccc(Br)c21. The van der Waals surface area contributed by atoms with Crippen LogP contribution < -0.4 is 5.32 Å². The molecular formula is C13H16BrN. The minimum absolute atomic E-state index is 0.597. The number of rotatable bonds is 2. The second kappa shape index (κ2) is 3.60. The van der Waals surface area contributed by atoms with Gasteiger partial charge in [0.05, 0.1) is 0 Å². The van der Waals surface area contributed by atoms with Gasteiger partial charge >= 0.3 is 0 Å². The van der Waals surface area contributed by atoms with Gasteiger partial charge in [-0.1, -0.05) is 35.0 Å². The molecule has 1 saturated carbocycles. The van der Waals surface area contributed by atoms with Crippen LogP contribution in [0.5, 0.6) is 0 Å². The molecule has 1 fully saturated rings. The first kappa shape index (κ1) is 9.86. The Balaban J connectivity index is 1.94. The van der Waals surface area contributed by atoms with Crippen molar-refractivity contribution in [3.8, 4) is 0 Å². The van der Waals surface area contributed by atoms with E-state index in [1.54, 1.807) is 0 Å². The average Bonchev–Trinajstić information content (AvgIpc) is 2.94. The molecule has 3 rings (SSSR count). The van der Waals surface area contributed by atoms with Crippen molar-refractivity contribution in [1.82, 2.24) is 5.32 Å². The Labute approximate surface area is 99.4 Å². The van der Waals surface area contributed by atoms with Gasteiger partial charge < -0.3 is 5.32 Å². The standard InChI is InChI=1S/C13H16BrN/c1-8-7-12(15-9-5-6-9)10-3-2-4-11(14)13(8)10/h2-4,8-9,12,15H,5-7H2,1H3. The molecule has 80 valence electrons. The van der Waals surface area contributed by atoms with Crippen molar-refractivity contribution < 1.29 is 0 Å². The van der Waals surface area contributed by atoms with E-state index in [4.69, 9.17) is 0 Å². The first-order chi connectivity index (χ1) is 7.25. The van der Waals surface area contributed by atoms with E-state index in [1.807, 2.05) is 0 Å². The summed E-state index contributed by atoms with van der Waals surface area (Å²) in [5, 5.41) is 3.75. The molecule has 0 heterocycles. The smallest absolute Gasteiger partial charge is 0.0331 e. The second-order valence-electron chi connectivity index (χ2n) is 4.87. The maximum absolute atomic E-state index is 3.75. The highest BCUT2D eigenvalue weighted by Gasteiger charge is 2.33. The molecule has 2 atom stereocenters. The number of hydrogen-bond acceptors (Lipinski definition) is 1. The molecule has 2 heteroatoms. The molecule has 2 aliphatic rings. The van der Waals surface area contributed by atoms with E-state index in [-0.39, 0.29) is 0 Å². The monoisotopic (exact) mass is 265 g/mol. The molecule has 0 aliphatic heterocycles. The Kier molecular flexibility index (Phi) is 2.37. The maximum atomic E-state index is 3.75. The maximum Gasteiger partial charge on any atom is 0.0331 e. The zero-order chi connectivity index (χ0) is 10.4. The summed E-state index contributed by atoms with van der Waals surface area (Å²) in [7, 11) is 0. The van der Waals surface area contributed by atoms with E-state index in [2.05, 4.69) is 46.4 Å². The molecule has 2 aliphatic carbocycles. The van der Waals surface area contributed by atoms with Crippen LogP contribution in [0.4, 0.5) is 0 Å². The molecule has 15 heavy (non-hydrogen) atoms. The molecule has 1 N–H and O–H groups in total. The van der Waals surface area contributed by atoms with E-state index < -0.39 is 0 Å². The number of halogens is 1. The number of benzene rings is 1. The molecule has 2 unspecified atom stereocenters. The van der Waals surface area contributed by atoms with Gasteiger partial charge in [-0.2, -0.15) is 0 Å². The van der Waals surface area contributed by atoms with Gasteiger partial charge in [0.25, 0.3) is 0 Å². The lowest BCUT2D eigenvalue weighted by atomic mass is 10.0. The summed E-state index contributed by atoms with van der Waals surface area (Å²) in [6.07, 6.45) is 4.00. The van der Waals surface area contributed by atoms with Gasteiger partial charge in [0.1, 0.15) is 0 Å².